The third-order valence-electron chi connectivity index (χ3n) is 9.46. The number of halogens is 2. The normalized spacial score (nSPS) is 25.0. The molecule has 0 atom stereocenters. The molecule has 222 valence electrons. The number of fused-ring (bicyclic) bond motifs is 4. The second kappa shape index (κ2) is 10.7. The second-order valence-electron chi connectivity index (χ2n) is 12.8. The predicted octanol–water partition coefficient (Wildman–Crippen LogP) is 4.80. The Kier molecular flexibility index (Phi) is 7.40. The maximum atomic E-state index is 14.2. The van der Waals surface area contributed by atoms with Gasteiger partial charge in [-0.05, 0) is 77.0 Å². The van der Waals surface area contributed by atoms with E-state index in [0.29, 0.717) is 61.5 Å². The van der Waals surface area contributed by atoms with E-state index in [4.69, 9.17) is 14.7 Å². The van der Waals surface area contributed by atoms with Crippen LogP contribution in [0, 0.1) is 5.41 Å². The summed E-state index contributed by atoms with van der Waals surface area (Å²) in [6.07, 6.45) is 3.81. The molecule has 11 heteroatoms. The van der Waals surface area contributed by atoms with Gasteiger partial charge in [0.15, 0.2) is 5.82 Å². The average molecular weight is 570 g/mol. The van der Waals surface area contributed by atoms with Gasteiger partial charge in [-0.15, -0.1) is 0 Å². The number of para-hydroxylation sites is 2. The summed E-state index contributed by atoms with van der Waals surface area (Å²) in [7, 11) is 2.15. The molecule has 1 aliphatic heterocycles. The van der Waals surface area contributed by atoms with Gasteiger partial charge in [0.25, 0.3) is 6.43 Å². The van der Waals surface area contributed by atoms with E-state index in [0.717, 1.165) is 45.1 Å². The Labute approximate surface area is 239 Å². The molecule has 9 nitrogen and oxygen atoms in total. The number of nitrogens with one attached hydrogen (secondary N) is 1. The van der Waals surface area contributed by atoms with Crippen molar-refractivity contribution >= 4 is 22.8 Å². The van der Waals surface area contributed by atoms with E-state index in [-0.39, 0.29) is 16.8 Å². The fraction of sp³-hybridized carbons (Fsp3) is 0.633. The molecule has 4 fully saturated rings. The van der Waals surface area contributed by atoms with Crippen LogP contribution in [-0.2, 0) is 4.74 Å². The number of nitrogens with zero attached hydrogens (tertiary/aromatic N) is 6. The molecule has 2 aromatic heterocycles. The lowest BCUT2D eigenvalue weighted by Gasteiger charge is -2.57. The van der Waals surface area contributed by atoms with Gasteiger partial charge in [-0.25, -0.2) is 13.8 Å². The Hall–Kier alpha value is -2.89. The molecule has 0 radical (unpaired) electrons. The van der Waals surface area contributed by atoms with Crippen molar-refractivity contribution in [3.05, 3.63) is 36.2 Å². The van der Waals surface area contributed by atoms with E-state index in [9.17, 15) is 13.9 Å². The fourth-order valence-corrected chi connectivity index (χ4v) is 7.10. The molecule has 3 aliphatic carbocycles. The summed E-state index contributed by atoms with van der Waals surface area (Å²) in [6.45, 7) is 7.66. The van der Waals surface area contributed by atoms with Gasteiger partial charge in [0.2, 0.25) is 5.95 Å². The first-order valence-electron chi connectivity index (χ1n) is 14.7. The van der Waals surface area contributed by atoms with E-state index in [1.807, 2.05) is 19.9 Å². The summed E-state index contributed by atoms with van der Waals surface area (Å²) in [4.78, 5) is 18.4. The zero-order valence-corrected chi connectivity index (χ0v) is 24.2. The SMILES string of the molecule is CN(CC(C)(C)O)C12CCC(CNc3nc(N4CCOCC4)cc(-n4c(C(F)F)nc5ccccc54)n3)(CC1)CC2. The van der Waals surface area contributed by atoms with Crippen molar-refractivity contribution in [2.75, 3.05) is 56.7 Å². The van der Waals surface area contributed by atoms with E-state index in [2.05, 4.69) is 27.1 Å². The van der Waals surface area contributed by atoms with E-state index >= 15 is 0 Å². The number of morpholine rings is 1. The van der Waals surface area contributed by atoms with Crippen LogP contribution in [0.25, 0.3) is 16.9 Å². The van der Waals surface area contributed by atoms with E-state index in [1.165, 1.54) is 4.57 Å². The topological polar surface area (TPSA) is 91.6 Å². The largest absolute Gasteiger partial charge is 0.389 e. The van der Waals surface area contributed by atoms with Gasteiger partial charge in [-0.2, -0.15) is 9.97 Å². The van der Waals surface area contributed by atoms with Crippen LogP contribution in [0.3, 0.4) is 0 Å². The number of β-amino-alcohol motifs (C(OH)–C–C–N with tert-alkyl or cyclic N) is 1. The van der Waals surface area contributed by atoms with Gasteiger partial charge in [0.05, 0.1) is 29.8 Å². The number of anilines is 2. The van der Waals surface area contributed by atoms with Gasteiger partial charge in [-0.1, -0.05) is 12.1 Å². The highest BCUT2D eigenvalue weighted by Gasteiger charge is 2.50. The maximum absolute atomic E-state index is 14.2. The first-order chi connectivity index (χ1) is 19.6. The number of hydrogen-bond acceptors (Lipinski definition) is 8. The third kappa shape index (κ3) is 5.63. The van der Waals surface area contributed by atoms with Crippen LogP contribution in [0.15, 0.2) is 30.3 Å². The Morgan fingerprint density at radius 3 is 2.34 bits per heavy atom. The van der Waals surface area contributed by atoms with Crippen molar-refractivity contribution in [2.24, 2.45) is 5.41 Å². The van der Waals surface area contributed by atoms with Crippen molar-refractivity contribution < 1.29 is 18.6 Å². The molecule has 7 rings (SSSR count). The monoisotopic (exact) mass is 569 g/mol. The molecule has 3 saturated carbocycles. The summed E-state index contributed by atoms with van der Waals surface area (Å²) in [6, 6.07) is 8.94. The number of imidazole rings is 1. The first kappa shape index (κ1) is 28.2. The third-order valence-corrected chi connectivity index (χ3v) is 9.46. The highest BCUT2D eigenvalue weighted by atomic mass is 19.3. The summed E-state index contributed by atoms with van der Waals surface area (Å²) in [5.41, 5.74) is 0.666. The van der Waals surface area contributed by atoms with Crippen LogP contribution in [0.4, 0.5) is 20.5 Å². The zero-order valence-electron chi connectivity index (χ0n) is 24.2. The number of ether oxygens (including phenoxy) is 1. The van der Waals surface area contributed by atoms with Gasteiger partial charge in [0.1, 0.15) is 11.6 Å². The molecule has 0 unspecified atom stereocenters. The molecular formula is C30H41F2N7O2. The van der Waals surface area contributed by atoms with Gasteiger partial charge < -0.3 is 20.1 Å². The molecule has 3 heterocycles. The van der Waals surface area contributed by atoms with Gasteiger partial charge in [-0.3, -0.25) is 9.47 Å². The minimum absolute atomic E-state index is 0.144. The van der Waals surface area contributed by atoms with Crippen LogP contribution in [0.1, 0.15) is 64.6 Å². The minimum atomic E-state index is -2.75. The van der Waals surface area contributed by atoms with Crippen LogP contribution in [0.5, 0.6) is 0 Å². The minimum Gasteiger partial charge on any atom is -0.389 e. The number of rotatable bonds is 9. The molecule has 1 aromatic carbocycles. The highest BCUT2D eigenvalue weighted by molar-refractivity contribution is 5.78. The lowest BCUT2D eigenvalue weighted by molar-refractivity contribution is -0.0676. The summed E-state index contributed by atoms with van der Waals surface area (Å²) in [5.74, 6) is 1.19. The highest BCUT2D eigenvalue weighted by Crippen LogP contribution is 2.54. The number of alkyl halides is 2. The number of hydrogen-bond donors (Lipinski definition) is 2. The van der Waals surface area contributed by atoms with E-state index in [1.54, 1.807) is 24.3 Å². The molecule has 3 aromatic rings. The van der Waals surface area contributed by atoms with Gasteiger partial charge >= 0.3 is 0 Å². The van der Waals surface area contributed by atoms with Crippen molar-refractivity contribution in [3.8, 4) is 5.82 Å². The predicted molar refractivity (Wildman–Crippen MR) is 155 cm³/mol. The first-order valence-corrected chi connectivity index (χ1v) is 14.7. The molecule has 2 bridgehead atoms. The molecule has 4 aliphatic rings. The Bertz CT molecular complexity index is 1360. The quantitative estimate of drug-likeness (QED) is 0.380. The number of aliphatic hydroxyl groups is 1. The number of aromatic nitrogens is 4. The molecule has 41 heavy (non-hydrogen) atoms. The van der Waals surface area contributed by atoms with Crippen LogP contribution < -0.4 is 10.2 Å². The number of likely N-dealkylation sites (N-methyl/N-ethyl adjacent to an activating group) is 1. The average Bonchev–Trinajstić information content (AvgIpc) is 3.37. The smallest absolute Gasteiger partial charge is 0.296 e. The lowest BCUT2D eigenvalue weighted by Crippen LogP contribution is -2.59. The van der Waals surface area contributed by atoms with E-state index < -0.39 is 12.0 Å². The Balaban J connectivity index is 1.27. The maximum Gasteiger partial charge on any atom is 0.296 e. The Morgan fingerprint density at radius 1 is 1.02 bits per heavy atom. The molecular weight excluding hydrogens is 528 g/mol. The van der Waals surface area contributed by atoms with Crippen molar-refractivity contribution in [3.63, 3.8) is 0 Å². The fourth-order valence-electron chi connectivity index (χ4n) is 7.10. The van der Waals surface area contributed by atoms with Crippen molar-refractivity contribution in [2.45, 2.75) is 69.9 Å². The van der Waals surface area contributed by atoms with Crippen LogP contribution in [0.2, 0.25) is 0 Å². The number of benzene rings is 1. The standard InChI is InChI=1S/C30H41F2N7O2/c1-28(2,40)20-37(3)30-11-8-29(9-12-30,10-13-30)19-33-27-35-23(38-14-16-41-17-15-38)18-24(36-27)39-22-7-5-4-6-21(22)34-26(39)25(31)32/h4-7,18,25,40H,8-17,19-20H2,1-3H3,(H,33,35,36). The van der Waals surface area contributed by atoms with Crippen LogP contribution >= 0.6 is 0 Å². The lowest BCUT2D eigenvalue weighted by atomic mass is 9.56. The molecule has 0 amide bonds. The summed E-state index contributed by atoms with van der Waals surface area (Å²) in [5, 5.41) is 13.9. The summed E-state index contributed by atoms with van der Waals surface area (Å²) < 4.78 is 35.4. The molecule has 1 saturated heterocycles. The van der Waals surface area contributed by atoms with Crippen LogP contribution in [-0.4, -0.2) is 87.1 Å². The molecule has 2 N–H and O–H groups in total. The second-order valence-corrected chi connectivity index (χ2v) is 12.8. The van der Waals surface area contributed by atoms with Crippen molar-refractivity contribution in [1.82, 2.24) is 24.4 Å². The van der Waals surface area contributed by atoms with Gasteiger partial charge in [0, 0.05) is 37.8 Å². The van der Waals surface area contributed by atoms with Crippen molar-refractivity contribution in [1.29, 1.82) is 0 Å². The zero-order chi connectivity index (χ0) is 28.8. The Morgan fingerprint density at radius 2 is 1.68 bits per heavy atom. The summed E-state index contributed by atoms with van der Waals surface area (Å²) >= 11 is 0. The molecule has 0 spiro atoms.